The number of nitrogens with zero attached hydrogens (tertiary/aromatic N) is 2. The fourth-order valence-electron chi connectivity index (χ4n) is 5.61. The largest absolute Gasteiger partial charge is 0.484 e. The Balaban J connectivity index is 1.66. The molecule has 1 fully saturated rings. The molecule has 1 heterocycles. The Hall–Kier alpha value is -3.91. The lowest BCUT2D eigenvalue weighted by Crippen LogP contribution is -2.58. The van der Waals surface area contributed by atoms with Crippen molar-refractivity contribution in [2.45, 2.75) is 89.8 Å². The van der Waals surface area contributed by atoms with Gasteiger partial charge in [-0.3, -0.25) is 9.69 Å². The number of morpholine rings is 1. The van der Waals surface area contributed by atoms with Gasteiger partial charge >= 0.3 is 12.2 Å². The predicted octanol–water partition coefficient (Wildman–Crippen LogP) is 3.06. The van der Waals surface area contributed by atoms with Gasteiger partial charge in [0.1, 0.15) is 11.4 Å². The van der Waals surface area contributed by atoms with Crippen molar-refractivity contribution in [1.29, 1.82) is 0 Å². The number of benzene rings is 2. The number of carboxylic acid groups (broad SMARTS) is 1. The van der Waals surface area contributed by atoms with E-state index in [2.05, 4.69) is 10.6 Å². The molecule has 0 radical (unpaired) electrons. The number of nitrogens with one attached hydrogen (secondary N) is 2. The van der Waals surface area contributed by atoms with Gasteiger partial charge in [0.2, 0.25) is 0 Å². The van der Waals surface area contributed by atoms with E-state index in [9.17, 15) is 29.7 Å². The molecule has 0 aromatic heterocycles. The SMILES string of the molecule is CC(C)(C)OC(=O)NC(Cc1ccc(OCC(=O)N2CCOCC2)cc1)C(O)CNCC(O)C(Cc1ccccc1)N(C(=O)O)C(C)(C)C. The van der Waals surface area contributed by atoms with Crippen LogP contribution in [0.2, 0.25) is 0 Å². The Morgan fingerprint density at radius 1 is 0.878 bits per heavy atom. The van der Waals surface area contributed by atoms with E-state index in [4.69, 9.17) is 14.2 Å². The zero-order chi connectivity index (χ0) is 36.2. The van der Waals surface area contributed by atoms with Crippen LogP contribution in [-0.2, 0) is 27.1 Å². The number of aliphatic hydroxyl groups is 2. The summed E-state index contributed by atoms with van der Waals surface area (Å²) in [5, 5.41) is 38.5. The molecule has 3 rings (SSSR count). The molecule has 4 atom stereocenters. The highest BCUT2D eigenvalue weighted by molar-refractivity contribution is 5.77. The molecule has 1 saturated heterocycles. The fraction of sp³-hybridized carbons (Fsp3) is 0.583. The lowest BCUT2D eigenvalue weighted by Gasteiger charge is -2.42. The van der Waals surface area contributed by atoms with Crippen LogP contribution < -0.4 is 15.4 Å². The number of hydrogen-bond acceptors (Lipinski definition) is 9. The van der Waals surface area contributed by atoms with Gasteiger partial charge in [0.05, 0.1) is 37.5 Å². The van der Waals surface area contributed by atoms with Crippen LogP contribution in [0.15, 0.2) is 54.6 Å². The molecule has 13 heteroatoms. The lowest BCUT2D eigenvalue weighted by molar-refractivity contribution is -0.137. The van der Waals surface area contributed by atoms with E-state index in [0.717, 1.165) is 11.1 Å². The highest BCUT2D eigenvalue weighted by Crippen LogP contribution is 2.23. The summed E-state index contributed by atoms with van der Waals surface area (Å²) in [5.74, 6) is 0.393. The smallest absolute Gasteiger partial charge is 0.408 e. The number of ether oxygens (including phenoxy) is 3. The van der Waals surface area contributed by atoms with Crippen molar-refractivity contribution in [3.05, 3.63) is 65.7 Å². The van der Waals surface area contributed by atoms with Gasteiger partial charge in [0.25, 0.3) is 5.91 Å². The normalized spacial score (nSPS) is 16.2. The van der Waals surface area contributed by atoms with Crippen molar-refractivity contribution in [2.24, 2.45) is 0 Å². The second-order valence-electron chi connectivity index (χ2n) is 14.3. The van der Waals surface area contributed by atoms with Crippen molar-refractivity contribution < 1.29 is 43.9 Å². The fourth-order valence-corrected chi connectivity index (χ4v) is 5.61. The number of amides is 3. The first-order chi connectivity index (χ1) is 23.0. The molecule has 0 spiro atoms. The molecule has 3 amide bonds. The summed E-state index contributed by atoms with van der Waals surface area (Å²) in [6, 6.07) is 14.9. The van der Waals surface area contributed by atoms with Gasteiger partial charge in [-0.2, -0.15) is 0 Å². The summed E-state index contributed by atoms with van der Waals surface area (Å²) in [6.45, 7) is 12.5. The third-order valence-corrected chi connectivity index (χ3v) is 7.97. The van der Waals surface area contributed by atoms with Crippen LogP contribution in [0.3, 0.4) is 0 Å². The van der Waals surface area contributed by atoms with E-state index >= 15 is 0 Å². The molecule has 1 aliphatic rings. The van der Waals surface area contributed by atoms with Crippen LogP contribution in [0.5, 0.6) is 5.75 Å². The first kappa shape index (κ1) is 39.5. The number of aliphatic hydroxyl groups excluding tert-OH is 2. The number of carbonyl (C=O) groups is 3. The standard InChI is InChI=1S/C36H54N4O9/c1-35(2,3)40(34(45)46)29(21-25-10-8-7-9-11-25)31(42)23-37-22-30(41)28(38-33(44)49-36(4,5)6)20-26-12-14-27(15-13-26)48-24-32(43)39-16-18-47-19-17-39/h7-15,28-31,37,41-42H,16-24H2,1-6H3,(H,38,44)(H,45,46). The third kappa shape index (κ3) is 13.5. The topological polar surface area (TPSA) is 170 Å². The molecule has 0 aliphatic carbocycles. The van der Waals surface area contributed by atoms with Gasteiger partial charge in [0, 0.05) is 31.7 Å². The van der Waals surface area contributed by atoms with E-state index in [0.29, 0.717) is 38.5 Å². The summed E-state index contributed by atoms with van der Waals surface area (Å²) in [7, 11) is 0. The van der Waals surface area contributed by atoms with E-state index in [1.807, 2.05) is 30.3 Å². The van der Waals surface area contributed by atoms with Crippen molar-refractivity contribution in [1.82, 2.24) is 20.4 Å². The van der Waals surface area contributed by atoms with Gasteiger partial charge in [0.15, 0.2) is 6.61 Å². The maximum atomic E-state index is 12.7. The first-order valence-corrected chi connectivity index (χ1v) is 16.7. The Morgan fingerprint density at radius 2 is 1.47 bits per heavy atom. The van der Waals surface area contributed by atoms with Crippen LogP contribution in [0.4, 0.5) is 9.59 Å². The van der Waals surface area contributed by atoms with E-state index in [-0.39, 0.29) is 32.0 Å². The third-order valence-electron chi connectivity index (χ3n) is 7.97. The van der Waals surface area contributed by atoms with Crippen LogP contribution in [0.25, 0.3) is 0 Å². The average molecular weight is 687 g/mol. The Kier molecular flexibility index (Phi) is 14.7. The number of carbonyl (C=O) groups excluding carboxylic acids is 2. The Morgan fingerprint density at radius 3 is 2.04 bits per heavy atom. The average Bonchev–Trinajstić information content (AvgIpc) is 3.02. The Bertz CT molecular complexity index is 1320. The molecule has 2 aromatic carbocycles. The van der Waals surface area contributed by atoms with Gasteiger partial charge in [-0.05, 0) is 77.6 Å². The number of alkyl carbamates (subject to hydrolysis) is 1. The summed E-state index contributed by atoms with van der Waals surface area (Å²) < 4.78 is 16.4. The molecule has 13 nitrogen and oxygen atoms in total. The molecule has 1 aliphatic heterocycles. The minimum atomic E-state index is -1.14. The second-order valence-corrected chi connectivity index (χ2v) is 14.3. The van der Waals surface area contributed by atoms with Crippen molar-refractivity contribution in [2.75, 3.05) is 46.0 Å². The highest BCUT2D eigenvalue weighted by Gasteiger charge is 2.37. The monoisotopic (exact) mass is 686 g/mol. The van der Waals surface area contributed by atoms with Crippen LogP contribution in [0, 0.1) is 0 Å². The van der Waals surface area contributed by atoms with E-state index in [1.54, 1.807) is 70.7 Å². The van der Waals surface area contributed by atoms with E-state index < -0.39 is 47.6 Å². The van der Waals surface area contributed by atoms with Gasteiger partial charge in [-0.25, -0.2) is 9.59 Å². The maximum Gasteiger partial charge on any atom is 0.408 e. The molecule has 5 N–H and O–H groups in total. The maximum absolute atomic E-state index is 12.7. The van der Waals surface area contributed by atoms with E-state index in [1.165, 1.54) is 4.90 Å². The van der Waals surface area contributed by atoms with Crippen LogP contribution >= 0.6 is 0 Å². The number of hydrogen-bond donors (Lipinski definition) is 5. The number of rotatable bonds is 15. The summed E-state index contributed by atoms with van der Waals surface area (Å²) in [6.07, 6.45) is -3.52. The highest BCUT2D eigenvalue weighted by atomic mass is 16.6. The molecular formula is C36H54N4O9. The summed E-state index contributed by atoms with van der Waals surface area (Å²) in [5.41, 5.74) is 0.129. The molecule has 49 heavy (non-hydrogen) atoms. The minimum absolute atomic E-state index is 0.0109. The predicted molar refractivity (Wildman–Crippen MR) is 185 cm³/mol. The zero-order valence-electron chi connectivity index (χ0n) is 29.6. The van der Waals surface area contributed by atoms with Crippen LogP contribution in [-0.4, -0.2) is 125 Å². The van der Waals surface area contributed by atoms with Gasteiger partial charge < -0.3 is 45.1 Å². The first-order valence-electron chi connectivity index (χ1n) is 16.7. The summed E-state index contributed by atoms with van der Waals surface area (Å²) >= 11 is 0. The van der Waals surface area contributed by atoms with Crippen molar-refractivity contribution >= 4 is 18.1 Å². The van der Waals surface area contributed by atoms with Gasteiger partial charge in [-0.15, -0.1) is 0 Å². The molecule has 0 bridgehead atoms. The second kappa shape index (κ2) is 18.2. The quantitative estimate of drug-likeness (QED) is 0.188. The molecule has 4 unspecified atom stereocenters. The van der Waals surface area contributed by atoms with Crippen molar-refractivity contribution in [3.8, 4) is 5.75 Å². The zero-order valence-corrected chi connectivity index (χ0v) is 29.6. The molecular weight excluding hydrogens is 632 g/mol. The minimum Gasteiger partial charge on any atom is -0.484 e. The summed E-state index contributed by atoms with van der Waals surface area (Å²) in [4.78, 5) is 40.5. The molecule has 0 saturated carbocycles. The van der Waals surface area contributed by atoms with Crippen LogP contribution in [0.1, 0.15) is 52.7 Å². The lowest BCUT2D eigenvalue weighted by atomic mass is 9.94. The van der Waals surface area contributed by atoms with Crippen molar-refractivity contribution in [3.63, 3.8) is 0 Å². The Labute approximate surface area is 289 Å². The van der Waals surface area contributed by atoms with Gasteiger partial charge in [-0.1, -0.05) is 42.5 Å². The molecule has 272 valence electrons. The molecule has 2 aromatic rings.